The maximum absolute atomic E-state index is 13.6. The Labute approximate surface area is 173 Å². The van der Waals surface area contributed by atoms with Gasteiger partial charge < -0.3 is 15.3 Å². The van der Waals surface area contributed by atoms with E-state index in [-0.39, 0.29) is 17.6 Å². The Bertz CT molecular complexity index is 1180. The second kappa shape index (κ2) is 6.45. The van der Waals surface area contributed by atoms with Gasteiger partial charge in [-0.3, -0.25) is 14.3 Å². The number of aryl methyl sites for hydroxylation is 2. The lowest BCUT2D eigenvalue weighted by molar-refractivity contribution is -0.121. The average Bonchev–Trinajstić information content (AvgIpc) is 3.40. The van der Waals surface area contributed by atoms with E-state index in [2.05, 4.69) is 10.4 Å². The van der Waals surface area contributed by atoms with Crippen molar-refractivity contribution in [2.75, 3.05) is 11.9 Å². The van der Waals surface area contributed by atoms with Crippen molar-refractivity contribution in [2.45, 2.75) is 24.8 Å². The number of para-hydroxylation sites is 1. The molecule has 3 heterocycles. The van der Waals surface area contributed by atoms with Gasteiger partial charge in [0.05, 0.1) is 12.2 Å². The van der Waals surface area contributed by atoms with E-state index in [0.29, 0.717) is 18.5 Å². The molecule has 2 amide bonds. The number of phenolic OH excluding ortho intramolecular Hbond substituents is 1. The topological polar surface area (TPSA) is 87.5 Å². The summed E-state index contributed by atoms with van der Waals surface area (Å²) in [5.41, 5.74) is 2.85. The van der Waals surface area contributed by atoms with Crippen LogP contribution in [0.25, 0.3) is 0 Å². The van der Waals surface area contributed by atoms with Gasteiger partial charge in [-0.25, -0.2) is 0 Å². The number of nitrogens with zero attached hydrogens (tertiary/aromatic N) is 3. The monoisotopic (exact) mass is 402 g/mol. The van der Waals surface area contributed by atoms with Crippen molar-refractivity contribution in [1.29, 1.82) is 0 Å². The van der Waals surface area contributed by atoms with Crippen LogP contribution in [0.15, 0.2) is 54.9 Å². The van der Waals surface area contributed by atoms with E-state index in [4.69, 9.17) is 0 Å². The quantitative estimate of drug-likeness (QED) is 0.690. The van der Waals surface area contributed by atoms with E-state index < -0.39 is 11.5 Å². The number of rotatable bonds is 2. The van der Waals surface area contributed by atoms with E-state index >= 15 is 0 Å². The lowest BCUT2D eigenvalue weighted by Crippen LogP contribution is -2.42. The summed E-state index contributed by atoms with van der Waals surface area (Å²) in [6.45, 7) is 2.27. The number of nitrogens with one attached hydrogen (secondary N) is 1. The first-order valence-corrected chi connectivity index (χ1v) is 9.92. The molecule has 0 bridgehead atoms. The third-order valence-corrected chi connectivity index (χ3v) is 6.34. The first kappa shape index (κ1) is 18.4. The molecule has 2 atom stereocenters. The van der Waals surface area contributed by atoms with Gasteiger partial charge in [0.2, 0.25) is 5.91 Å². The van der Waals surface area contributed by atoms with E-state index in [0.717, 1.165) is 22.4 Å². The fraction of sp³-hybridized carbons (Fsp3) is 0.261. The van der Waals surface area contributed by atoms with Crippen LogP contribution in [0.1, 0.15) is 39.5 Å². The van der Waals surface area contributed by atoms with Crippen molar-refractivity contribution in [3.05, 3.63) is 77.1 Å². The van der Waals surface area contributed by atoms with Gasteiger partial charge in [0.25, 0.3) is 5.91 Å². The van der Waals surface area contributed by atoms with Gasteiger partial charge in [-0.2, -0.15) is 5.10 Å². The van der Waals surface area contributed by atoms with Gasteiger partial charge in [-0.15, -0.1) is 0 Å². The molecule has 0 radical (unpaired) electrons. The zero-order chi connectivity index (χ0) is 21.0. The van der Waals surface area contributed by atoms with Crippen molar-refractivity contribution in [3.8, 4) is 5.75 Å². The maximum Gasteiger partial charge on any atom is 0.254 e. The number of hydrogen-bond donors (Lipinski definition) is 2. The largest absolute Gasteiger partial charge is 0.508 e. The third kappa shape index (κ3) is 2.48. The number of hydrogen-bond acceptors (Lipinski definition) is 4. The fourth-order valence-corrected chi connectivity index (χ4v) is 4.95. The fourth-order valence-electron chi connectivity index (χ4n) is 4.95. The van der Waals surface area contributed by atoms with Crippen molar-refractivity contribution in [3.63, 3.8) is 0 Å². The number of aromatic nitrogens is 2. The molecular weight excluding hydrogens is 380 g/mol. The van der Waals surface area contributed by atoms with Crippen LogP contribution in [-0.2, 0) is 17.3 Å². The summed E-state index contributed by atoms with van der Waals surface area (Å²) in [6, 6.07) is 12.0. The Balaban J connectivity index is 1.68. The standard InChI is InChI=1S/C23H22N4O3/c1-14-7-8-16(28)11-17(14)21(29)27-10-9-23(20(27)15-12-24-26(2)13-15)18-5-3-4-6-19(18)25-22(23)30/h3-8,11-13,20,28H,9-10H2,1-2H3,(H,25,30). The number of amides is 2. The first-order valence-electron chi connectivity index (χ1n) is 9.92. The highest BCUT2D eigenvalue weighted by molar-refractivity contribution is 6.08. The smallest absolute Gasteiger partial charge is 0.254 e. The number of carbonyl (C=O) groups excluding carboxylic acids is 2. The molecule has 2 aromatic carbocycles. The van der Waals surface area contributed by atoms with Gasteiger partial charge in [0.15, 0.2) is 0 Å². The number of benzene rings is 2. The van der Waals surface area contributed by atoms with Gasteiger partial charge in [-0.1, -0.05) is 24.3 Å². The highest BCUT2D eigenvalue weighted by atomic mass is 16.3. The van der Waals surface area contributed by atoms with Crippen LogP contribution in [0.5, 0.6) is 5.75 Å². The molecule has 1 saturated heterocycles. The van der Waals surface area contributed by atoms with Crippen molar-refractivity contribution < 1.29 is 14.7 Å². The number of carbonyl (C=O) groups is 2. The Morgan fingerprint density at radius 1 is 1.27 bits per heavy atom. The van der Waals surface area contributed by atoms with E-state index in [9.17, 15) is 14.7 Å². The number of anilines is 1. The van der Waals surface area contributed by atoms with Crippen LogP contribution in [0.2, 0.25) is 0 Å². The second-order valence-corrected chi connectivity index (χ2v) is 8.07. The third-order valence-electron chi connectivity index (χ3n) is 6.34. The van der Waals surface area contributed by atoms with E-state index in [1.807, 2.05) is 44.4 Å². The van der Waals surface area contributed by atoms with Crippen LogP contribution in [0, 0.1) is 6.92 Å². The lowest BCUT2D eigenvalue weighted by atomic mass is 9.73. The maximum atomic E-state index is 13.6. The molecule has 1 spiro atoms. The van der Waals surface area contributed by atoms with E-state index in [1.54, 1.807) is 27.9 Å². The lowest BCUT2D eigenvalue weighted by Gasteiger charge is -2.33. The molecule has 30 heavy (non-hydrogen) atoms. The molecule has 0 aliphatic carbocycles. The summed E-state index contributed by atoms with van der Waals surface area (Å²) in [5.74, 6) is -0.258. The summed E-state index contributed by atoms with van der Waals surface area (Å²) in [7, 11) is 1.82. The Morgan fingerprint density at radius 2 is 2.07 bits per heavy atom. The van der Waals surface area contributed by atoms with Crippen LogP contribution in [0.4, 0.5) is 5.69 Å². The number of aromatic hydroxyl groups is 1. The van der Waals surface area contributed by atoms with Crippen LogP contribution >= 0.6 is 0 Å². The Kier molecular flexibility index (Phi) is 3.96. The molecule has 5 rings (SSSR count). The van der Waals surface area contributed by atoms with Crippen molar-refractivity contribution in [1.82, 2.24) is 14.7 Å². The van der Waals surface area contributed by atoms with Crippen molar-refractivity contribution >= 4 is 17.5 Å². The summed E-state index contributed by atoms with van der Waals surface area (Å²) >= 11 is 0. The highest BCUT2D eigenvalue weighted by Gasteiger charge is 2.59. The zero-order valence-electron chi connectivity index (χ0n) is 16.8. The molecule has 3 aromatic rings. The Morgan fingerprint density at radius 3 is 2.83 bits per heavy atom. The SMILES string of the molecule is Cc1ccc(O)cc1C(=O)N1CCC2(C(=O)Nc3ccccc32)C1c1cnn(C)c1. The molecule has 1 fully saturated rings. The van der Waals surface area contributed by atoms with E-state index in [1.165, 1.54) is 6.07 Å². The molecule has 152 valence electrons. The molecule has 7 heteroatoms. The van der Waals surface area contributed by atoms with Gasteiger partial charge in [0.1, 0.15) is 11.2 Å². The van der Waals surface area contributed by atoms with Gasteiger partial charge in [-0.05, 0) is 42.7 Å². The number of phenols is 1. The normalized spacial score (nSPS) is 22.4. The summed E-state index contributed by atoms with van der Waals surface area (Å²) in [6.07, 6.45) is 4.10. The predicted octanol–water partition coefficient (Wildman–Crippen LogP) is 2.91. The number of likely N-dealkylation sites (tertiary alicyclic amines) is 1. The molecule has 0 saturated carbocycles. The molecule has 2 N–H and O–H groups in total. The van der Waals surface area contributed by atoms with Crippen LogP contribution < -0.4 is 5.32 Å². The van der Waals surface area contributed by atoms with Gasteiger partial charge in [0, 0.05) is 36.6 Å². The minimum Gasteiger partial charge on any atom is -0.508 e. The van der Waals surface area contributed by atoms with Crippen molar-refractivity contribution in [2.24, 2.45) is 7.05 Å². The number of fused-ring (bicyclic) bond motifs is 2. The van der Waals surface area contributed by atoms with Crippen LogP contribution in [0.3, 0.4) is 0 Å². The highest BCUT2D eigenvalue weighted by Crippen LogP contribution is 2.54. The predicted molar refractivity (Wildman–Crippen MR) is 111 cm³/mol. The first-order chi connectivity index (χ1) is 14.4. The molecule has 1 aromatic heterocycles. The summed E-state index contributed by atoms with van der Waals surface area (Å²) < 4.78 is 1.68. The minimum atomic E-state index is -0.875. The molecule has 2 unspecified atom stereocenters. The molecule has 7 nitrogen and oxygen atoms in total. The Hall–Kier alpha value is -3.61. The van der Waals surface area contributed by atoms with Crippen LogP contribution in [-0.4, -0.2) is 38.1 Å². The summed E-state index contributed by atoms with van der Waals surface area (Å²) in [5, 5.41) is 17.3. The minimum absolute atomic E-state index is 0.0414. The second-order valence-electron chi connectivity index (χ2n) is 8.07. The molecular formula is C23H22N4O3. The summed E-state index contributed by atoms with van der Waals surface area (Å²) in [4.78, 5) is 28.7. The zero-order valence-corrected chi connectivity index (χ0v) is 16.8. The average molecular weight is 402 g/mol. The molecule has 2 aliphatic heterocycles. The van der Waals surface area contributed by atoms with Gasteiger partial charge >= 0.3 is 0 Å². The molecule has 2 aliphatic rings.